The quantitative estimate of drug-likeness (QED) is 0.548. The van der Waals surface area contributed by atoms with Crippen molar-refractivity contribution in [1.82, 2.24) is 9.97 Å². The van der Waals surface area contributed by atoms with E-state index < -0.39 is 24.6 Å². The molecule has 12 heteroatoms. The monoisotopic (exact) mass is 507 g/mol. The van der Waals surface area contributed by atoms with Gasteiger partial charge >= 0.3 is 12.0 Å². The highest BCUT2D eigenvalue weighted by Gasteiger charge is 2.41. The van der Waals surface area contributed by atoms with Gasteiger partial charge in [0.05, 0.1) is 24.6 Å². The second-order valence-electron chi connectivity index (χ2n) is 8.34. The molecule has 1 aromatic carbocycles. The van der Waals surface area contributed by atoms with E-state index in [0.29, 0.717) is 48.8 Å². The number of hydrogen-bond acceptors (Lipinski definition) is 7. The Morgan fingerprint density at radius 3 is 2.69 bits per heavy atom. The molecule has 188 valence electrons. The summed E-state index contributed by atoms with van der Waals surface area (Å²) in [7, 11) is 3.13. The molecule has 35 heavy (non-hydrogen) atoms. The van der Waals surface area contributed by atoms with Crippen molar-refractivity contribution in [2.24, 2.45) is 5.92 Å². The van der Waals surface area contributed by atoms with Crippen LogP contribution in [-0.4, -0.2) is 60.6 Å². The van der Waals surface area contributed by atoms with Crippen molar-refractivity contribution < 1.29 is 28.6 Å². The first-order valence-corrected chi connectivity index (χ1v) is 11.7. The molecular formula is C23H27ClFN5O5. The van der Waals surface area contributed by atoms with Crippen molar-refractivity contribution in [1.29, 1.82) is 0 Å². The Morgan fingerprint density at radius 2 is 2.06 bits per heavy atom. The standard InChI is InChI=1S/C23H27ClFN5O5/c1-26-22-27-11-14-12-29(18-16(24)7-8-17(34-2)19(18)35-10-9-25)23(33)30(20(14)28-22)15-5-3-13(4-6-15)21(31)32/h7-8,11,13,15H,3-6,9-10,12H2,1-2H3,(H,31,32)(H,26,27,28). The zero-order valence-electron chi connectivity index (χ0n) is 19.5. The number of carboxylic acids is 1. The number of alkyl halides is 1. The number of fused-ring (bicyclic) bond motifs is 1. The molecule has 1 aliphatic carbocycles. The molecule has 1 aromatic heterocycles. The predicted molar refractivity (Wildman–Crippen MR) is 128 cm³/mol. The molecule has 0 saturated heterocycles. The number of urea groups is 1. The number of carbonyl (C=O) groups is 2. The van der Waals surface area contributed by atoms with Crippen molar-refractivity contribution in [3.05, 3.63) is 28.9 Å². The van der Waals surface area contributed by atoms with Gasteiger partial charge in [-0.05, 0) is 37.8 Å². The minimum atomic E-state index is -0.826. The zero-order valence-corrected chi connectivity index (χ0v) is 20.2. The molecule has 1 saturated carbocycles. The summed E-state index contributed by atoms with van der Waals surface area (Å²) in [6, 6.07) is 2.52. The van der Waals surface area contributed by atoms with E-state index in [1.807, 2.05) is 0 Å². The summed E-state index contributed by atoms with van der Waals surface area (Å²) >= 11 is 6.55. The van der Waals surface area contributed by atoms with Gasteiger partial charge in [0.25, 0.3) is 0 Å². The van der Waals surface area contributed by atoms with E-state index in [0.717, 1.165) is 0 Å². The Balaban J connectivity index is 1.79. The maximum Gasteiger partial charge on any atom is 0.330 e. The molecule has 4 rings (SSSR count). The van der Waals surface area contributed by atoms with Gasteiger partial charge in [0.1, 0.15) is 24.8 Å². The van der Waals surface area contributed by atoms with Crippen LogP contribution in [0.15, 0.2) is 18.3 Å². The fourth-order valence-electron chi connectivity index (χ4n) is 4.60. The first-order chi connectivity index (χ1) is 16.9. The van der Waals surface area contributed by atoms with Crippen LogP contribution in [0.25, 0.3) is 0 Å². The van der Waals surface area contributed by atoms with E-state index in [1.54, 1.807) is 30.3 Å². The number of nitrogens with zero attached hydrogens (tertiary/aromatic N) is 4. The smallest absolute Gasteiger partial charge is 0.330 e. The van der Waals surface area contributed by atoms with Crippen LogP contribution in [0, 0.1) is 5.92 Å². The van der Waals surface area contributed by atoms with Gasteiger partial charge in [-0.2, -0.15) is 4.98 Å². The molecule has 0 radical (unpaired) electrons. The second kappa shape index (κ2) is 10.5. The highest BCUT2D eigenvalue weighted by atomic mass is 35.5. The number of nitrogens with one attached hydrogen (secondary N) is 1. The third kappa shape index (κ3) is 4.77. The van der Waals surface area contributed by atoms with Crippen LogP contribution in [0.2, 0.25) is 5.02 Å². The van der Waals surface area contributed by atoms with Crippen LogP contribution >= 0.6 is 11.6 Å². The number of carboxylic acid groups (broad SMARTS) is 1. The third-order valence-corrected chi connectivity index (χ3v) is 6.63. The van der Waals surface area contributed by atoms with Gasteiger partial charge in [-0.1, -0.05) is 11.6 Å². The molecule has 2 aliphatic rings. The number of hydrogen-bond donors (Lipinski definition) is 2. The average molecular weight is 508 g/mol. The van der Waals surface area contributed by atoms with Crippen LogP contribution < -0.4 is 24.6 Å². The molecular weight excluding hydrogens is 481 g/mol. The molecule has 1 aliphatic heterocycles. The largest absolute Gasteiger partial charge is 0.493 e. The van der Waals surface area contributed by atoms with E-state index in [1.165, 1.54) is 12.0 Å². The summed E-state index contributed by atoms with van der Waals surface area (Å²) < 4.78 is 24.0. The molecule has 2 N–H and O–H groups in total. The molecule has 0 unspecified atom stereocenters. The zero-order chi connectivity index (χ0) is 25.1. The first-order valence-electron chi connectivity index (χ1n) is 11.3. The van der Waals surface area contributed by atoms with Crippen LogP contribution in [0.4, 0.5) is 26.6 Å². The van der Waals surface area contributed by atoms with Crippen molar-refractivity contribution in [2.45, 2.75) is 38.3 Å². The number of benzene rings is 1. The van der Waals surface area contributed by atoms with Gasteiger partial charge in [-0.15, -0.1) is 0 Å². The number of methoxy groups -OCH3 is 1. The number of ether oxygens (including phenoxy) is 2. The lowest BCUT2D eigenvalue weighted by atomic mass is 9.85. The molecule has 0 bridgehead atoms. The van der Waals surface area contributed by atoms with Crippen LogP contribution in [-0.2, 0) is 11.3 Å². The Labute approximate surface area is 207 Å². The molecule has 1 fully saturated rings. The van der Waals surface area contributed by atoms with Gasteiger partial charge in [-0.3, -0.25) is 14.6 Å². The number of amides is 2. The Kier molecular flexibility index (Phi) is 7.44. The molecule has 2 amide bonds. The number of rotatable bonds is 8. The Hall–Kier alpha value is -3.34. The summed E-state index contributed by atoms with van der Waals surface area (Å²) in [6.07, 6.45) is 3.55. The number of carbonyl (C=O) groups excluding carboxylic acids is 1. The summed E-state index contributed by atoms with van der Waals surface area (Å²) in [6.45, 7) is -0.858. The van der Waals surface area contributed by atoms with Gasteiger partial charge in [0.2, 0.25) is 5.95 Å². The molecule has 0 spiro atoms. The van der Waals surface area contributed by atoms with E-state index in [2.05, 4.69) is 15.3 Å². The molecule has 2 heterocycles. The number of aliphatic carboxylic acids is 1. The van der Waals surface area contributed by atoms with Crippen LogP contribution in [0.1, 0.15) is 31.2 Å². The van der Waals surface area contributed by atoms with Crippen LogP contribution in [0.5, 0.6) is 11.5 Å². The third-order valence-electron chi connectivity index (χ3n) is 6.33. The minimum Gasteiger partial charge on any atom is -0.493 e. The van der Waals surface area contributed by atoms with Crippen molar-refractivity contribution in [2.75, 3.05) is 42.6 Å². The molecule has 10 nitrogen and oxygen atoms in total. The summed E-state index contributed by atoms with van der Waals surface area (Å²) in [5, 5.41) is 12.5. The van der Waals surface area contributed by atoms with Crippen molar-refractivity contribution in [3.63, 3.8) is 0 Å². The van der Waals surface area contributed by atoms with Crippen LogP contribution in [0.3, 0.4) is 0 Å². The molecule has 0 atom stereocenters. The average Bonchev–Trinajstić information content (AvgIpc) is 2.87. The fraction of sp³-hybridized carbons (Fsp3) is 0.478. The van der Waals surface area contributed by atoms with Gasteiger partial charge in [0, 0.05) is 24.8 Å². The number of anilines is 3. The van der Waals surface area contributed by atoms with E-state index in [4.69, 9.17) is 21.1 Å². The maximum atomic E-state index is 14.0. The first kappa shape index (κ1) is 24.8. The van der Waals surface area contributed by atoms with E-state index in [9.17, 15) is 19.1 Å². The second-order valence-corrected chi connectivity index (χ2v) is 8.75. The predicted octanol–water partition coefficient (Wildman–Crippen LogP) is 4.12. The topological polar surface area (TPSA) is 117 Å². The van der Waals surface area contributed by atoms with Gasteiger partial charge in [0.15, 0.2) is 11.5 Å². The lowest BCUT2D eigenvalue weighted by Crippen LogP contribution is -2.53. The lowest BCUT2D eigenvalue weighted by Gasteiger charge is -2.42. The van der Waals surface area contributed by atoms with Gasteiger partial charge < -0.3 is 19.9 Å². The fourth-order valence-corrected chi connectivity index (χ4v) is 4.85. The van der Waals surface area contributed by atoms with Crippen molar-refractivity contribution >= 4 is 41.1 Å². The van der Waals surface area contributed by atoms with E-state index >= 15 is 0 Å². The highest BCUT2D eigenvalue weighted by molar-refractivity contribution is 6.34. The lowest BCUT2D eigenvalue weighted by molar-refractivity contribution is -0.142. The van der Waals surface area contributed by atoms with Crippen molar-refractivity contribution in [3.8, 4) is 11.5 Å². The Bertz CT molecular complexity index is 1110. The summed E-state index contributed by atoms with van der Waals surface area (Å²) in [4.78, 5) is 37.4. The van der Waals surface area contributed by atoms with E-state index in [-0.39, 0.29) is 35.7 Å². The highest BCUT2D eigenvalue weighted by Crippen LogP contribution is 2.46. The summed E-state index contributed by atoms with van der Waals surface area (Å²) in [5.74, 6) is 0.0419. The number of aromatic nitrogens is 2. The SMILES string of the molecule is CNc1ncc2c(n1)N(C1CCC(C(=O)O)CC1)C(=O)N(c1c(Cl)ccc(OC)c1OCCF)C2. The number of halogens is 2. The maximum absolute atomic E-state index is 14.0. The Morgan fingerprint density at radius 1 is 1.31 bits per heavy atom. The molecule has 2 aromatic rings. The van der Waals surface area contributed by atoms with Gasteiger partial charge in [-0.25, -0.2) is 14.2 Å². The normalized spacial score (nSPS) is 19.8. The summed E-state index contributed by atoms with van der Waals surface area (Å²) in [5.41, 5.74) is 0.941. The minimum absolute atomic E-state index is 0.109.